The lowest BCUT2D eigenvalue weighted by molar-refractivity contribution is -0.113. The summed E-state index contributed by atoms with van der Waals surface area (Å²) >= 11 is 13.8. The van der Waals surface area contributed by atoms with Crippen molar-refractivity contribution in [1.29, 1.82) is 0 Å². The highest BCUT2D eigenvalue weighted by molar-refractivity contribution is 7.99. The summed E-state index contributed by atoms with van der Waals surface area (Å²) in [6.07, 6.45) is 4.47. The van der Waals surface area contributed by atoms with Gasteiger partial charge in [0.15, 0.2) is 11.0 Å². The molecule has 1 fully saturated rings. The number of ether oxygens (including phenoxy) is 1. The van der Waals surface area contributed by atoms with Gasteiger partial charge >= 0.3 is 0 Å². The van der Waals surface area contributed by atoms with Crippen molar-refractivity contribution in [1.82, 2.24) is 14.8 Å². The Hall–Kier alpha value is -2.22. The van der Waals surface area contributed by atoms with E-state index in [2.05, 4.69) is 20.1 Å². The van der Waals surface area contributed by atoms with Gasteiger partial charge in [-0.15, -0.1) is 10.2 Å². The van der Waals surface area contributed by atoms with Crippen LogP contribution >= 0.6 is 35.0 Å². The predicted octanol–water partition coefficient (Wildman–Crippen LogP) is 6.11. The number of hydrogen-bond donors (Lipinski definition) is 1. The van der Waals surface area contributed by atoms with E-state index in [1.54, 1.807) is 25.3 Å². The summed E-state index contributed by atoms with van der Waals surface area (Å²) in [4.78, 5) is 12.6. The number of benzene rings is 2. The maximum atomic E-state index is 12.6. The van der Waals surface area contributed by atoms with Gasteiger partial charge in [0.05, 0.1) is 23.6 Å². The van der Waals surface area contributed by atoms with Crippen LogP contribution in [0.2, 0.25) is 10.0 Å². The number of nitrogens with zero attached hydrogens (tertiary/aromatic N) is 3. The van der Waals surface area contributed by atoms with E-state index in [1.165, 1.54) is 24.6 Å². The zero-order valence-electron chi connectivity index (χ0n) is 17.0. The average Bonchev–Trinajstić information content (AvgIpc) is 3.42. The van der Waals surface area contributed by atoms with Crippen LogP contribution in [-0.4, -0.2) is 33.5 Å². The number of rotatable bonds is 7. The third kappa shape index (κ3) is 5.00. The molecule has 4 rings (SSSR count). The Morgan fingerprint density at radius 3 is 2.71 bits per heavy atom. The summed E-state index contributed by atoms with van der Waals surface area (Å²) in [6, 6.07) is 13.0. The fourth-order valence-electron chi connectivity index (χ4n) is 3.79. The largest absolute Gasteiger partial charge is 0.495 e. The molecular weight excluding hydrogens is 455 g/mol. The number of carbonyl (C=O) groups is 1. The van der Waals surface area contributed by atoms with Crippen LogP contribution in [-0.2, 0) is 4.79 Å². The Morgan fingerprint density at radius 2 is 1.97 bits per heavy atom. The fourth-order valence-corrected chi connectivity index (χ4v) is 4.99. The highest BCUT2D eigenvalue weighted by Gasteiger charge is 2.26. The van der Waals surface area contributed by atoms with Crippen LogP contribution in [0.1, 0.15) is 31.7 Å². The highest BCUT2D eigenvalue weighted by atomic mass is 35.5. The van der Waals surface area contributed by atoms with Crippen molar-refractivity contribution in [3.05, 3.63) is 52.5 Å². The normalized spacial score (nSPS) is 14.0. The van der Waals surface area contributed by atoms with E-state index in [0.29, 0.717) is 27.5 Å². The second kappa shape index (κ2) is 9.94. The summed E-state index contributed by atoms with van der Waals surface area (Å²) in [5.74, 6) is 1.31. The second-order valence-corrected chi connectivity index (χ2v) is 9.06. The maximum absolute atomic E-state index is 12.6. The molecule has 1 amide bonds. The number of methoxy groups -OCH3 is 1. The number of carbonyl (C=O) groups excluding carboxylic acids is 1. The van der Waals surface area contributed by atoms with Crippen molar-refractivity contribution < 1.29 is 9.53 Å². The van der Waals surface area contributed by atoms with Crippen LogP contribution < -0.4 is 10.1 Å². The molecule has 1 aliphatic carbocycles. The van der Waals surface area contributed by atoms with Crippen molar-refractivity contribution in [2.75, 3.05) is 18.2 Å². The number of thioether (sulfide) groups is 1. The van der Waals surface area contributed by atoms with E-state index in [9.17, 15) is 4.79 Å². The molecule has 0 bridgehead atoms. The number of anilines is 1. The number of hydrogen-bond acceptors (Lipinski definition) is 5. The second-order valence-electron chi connectivity index (χ2n) is 7.28. The first kappa shape index (κ1) is 22.0. The number of amides is 1. The Labute approximate surface area is 195 Å². The van der Waals surface area contributed by atoms with Crippen molar-refractivity contribution >= 4 is 46.6 Å². The molecule has 0 saturated heterocycles. The maximum Gasteiger partial charge on any atom is 0.234 e. The lowest BCUT2D eigenvalue weighted by Gasteiger charge is -2.17. The van der Waals surface area contributed by atoms with E-state index in [-0.39, 0.29) is 11.7 Å². The third-order valence-electron chi connectivity index (χ3n) is 5.24. The Kier molecular flexibility index (Phi) is 7.05. The van der Waals surface area contributed by atoms with Crippen LogP contribution in [0.15, 0.2) is 47.6 Å². The molecule has 1 saturated carbocycles. The van der Waals surface area contributed by atoms with E-state index in [4.69, 9.17) is 27.9 Å². The molecule has 0 unspecified atom stereocenters. The molecule has 1 N–H and O–H groups in total. The number of aromatic nitrogens is 3. The lowest BCUT2D eigenvalue weighted by atomic mass is 10.2. The molecule has 162 valence electrons. The van der Waals surface area contributed by atoms with Gasteiger partial charge < -0.3 is 10.1 Å². The lowest BCUT2D eigenvalue weighted by Crippen LogP contribution is -2.16. The van der Waals surface area contributed by atoms with Crippen LogP contribution in [0.25, 0.3) is 11.4 Å². The summed E-state index contributed by atoms with van der Waals surface area (Å²) in [6.45, 7) is 0. The predicted molar refractivity (Wildman–Crippen MR) is 125 cm³/mol. The Morgan fingerprint density at radius 1 is 1.19 bits per heavy atom. The van der Waals surface area contributed by atoms with E-state index >= 15 is 0 Å². The monoisotopic (exact) mass is 476 g/mol. The van der Waals surface area contributed by atoms with Crippen LogP contribution in [0.4, 0.5) is 5.69 Å². The molecule has 6 nitrogen and oxygen atoms in total. The van der Waals surface area contributed by atoms with Crippen molar-refractivity contribution in [3.63, 3.8) is 0 Å². The van der Waals surface area contributed by atoms with Gasteiger partial charge in [0.25, 0.3) is 0 Å². The quantitative estimate of drug-likeness (QED) is 0.416. The van der Waals surface area contributed by atoms with E-state index in [1.807, 2.05) is 24.3 Å². The van der Waals surface area contributed by atoms with Crippen LogP contribution in [0, 0.1) is 0 Å². The molecule has 0 spiro atoms. The minimum atomic E-state index is -0.175. The summed E-state index contributed by atoms with van der Waals surface area (Å²) in [7, 11) is 1.55. The van der Waals surface area contributed by atoms with Gasteiger partial charge in [0, 0.05) is 16.6 Å². The molecule has 1 aromatic heterocycles. The van der Waals surface area contributed by atoms with E-state index < -0.39 is 0 Å². The molecule has 0 radical (unpaired) electrons. The summed E-state index contributed by atoms with van der Waals surface area (Å²) in [5.41, 5.74) is 1.39. The van der Waals surface area contributed by atoms with Gasteiger partial charge in [0.2, 0.25) is 5.91 Å². The SMILES string of the molecule is COc1ccc(Cl)cc1NC(=O)CSc1nnc(-c2ccccc2Cl)n1C1CCCC1. The molecular formula is C22H22Cl2N4O2S. The molecule has 3 aromatic rings. The third-order valence-corrected chi connectivity index (χ3v) is 6.74. The first-order valence-corrected chi connectivity index (χ1v) is 11.8. The van der Waals surface area contributed by atoms with Crippen LogP contribution in [0.5, 0.6) is 5.75 Å². The molecule has 31 heavy (non-hydrogen) atoms. The first-order valence-electron chi connectivity index (χ1n) is 10.0. The zero-order chi connectivity index (χ0) is 21.8. The minimum Gasteiger partial charge on any atom is -0.495 e. The van der Waals surface area contributed by atoms with Gasteiger partial charge in [-0.1, -0.05) is 59.9 Å². The molecule has 1 heterocycles. The minimum absolute atomic E-state index is 0.175. The van der Waals surface area contributed by atoms with Gasteiger partial charge in [-0.05, 0) is 43.2 Å². The van der Waals surface area contributed by atoms with Gasteiger partial charge in [-0.25, -0.2) is 0 Å². The molecule has 0 atom stereocenters. The molecule has 1 aliphatic rings. The Bertz CT molecular complexity index is 1080. The van der Waals surface area contributed by atoms with Gasteiger partial charge in [-0.3, -0.25) is 9.36 Å². The van der Waals surface area contributed by atoms with Crippen LogP contribution in [0.3, 0.4) is 0 Å². The van der Waals surface area contributed by atoms with E-state index in [0.717, 1.165) is 29.4 Å². The zero-order valence-corrected chi connectivity index (χ0v) is 19.3. The average molecular weight is 477 g/mol. The highest BCUT2D eigenvalue weighted by Crippen LogP contribution is 2.38. The topological polar surface area (TPSA) is 69.0 Å². The Balaban J connectivity index is 1.54. The molecule has 9 heteroatoms. The number of nitrogens with one attached hydrogen (secondary N) is 1. The van der Waals surface area contributed by atoms with Crippen molar-refractivity contribution in [2.24, 2.45) is 0 Å². The fraction of sp³-hybridized carbons (Fsp3) is 0.318. The van der Waals surface area contributed by atoms with Gasteiger partial charge in [-0.2, -0.15) is 0 Å². The molecule has 2 aromatic carbocycles. The van der Waals surface area contributed by atoms with Gasteiger partial charge in [0.1, 0.15) is 5.75 Å². The standard InChI is InChI=1S/C22H22Cl2N4O2S/c1-30-19-11-10-14(23)12-18(19)25-20(29)13-31-22-27-26-21(16-8-4-5-9-17(16)24)28(22)15-6-2-3-7-15/h4-5,8-12,15H,2-3,6-7,13H2,1H3,(H,25,29). The first-order chi connectivity index (χ1) is 15.1. The summed E-state index contributed by atoms with van der Waals surface area (Å²) in [5, 5.41) is 13.6. The molecule has 0 aliphatic heterocycles. The number of halogens is 2. The van der Waals surface area contributed by atoms with Crippen molar-refractivity contribution in [2.45, 2.75) is 36.9 Å². The van der Waals surface area contributed by atoms with Crippen molar-refractivity contribution in [3.8, 4) is 17.1 Å². The smallest absolute Gasteiger partial charge is 0.234 e. The summed E-state index contributed by atoms with van der Waals surface area (Å²) < 4.78 is 7.44.